The van der Waals surface area contributed by atoms with Crippen LogP contribution in [-0.4, -0.2) is 33.9 Å². The van der Waals surface area contributed by atoms with E-state index in [9.17, 15) is 4.79 Å². The molecule has 3 heterocycles. The Bertz CT molecular complexity index is 644. The average Bonchev–Trinajstić information content (AvgIpc) is 3.09. The third kappa shape index (κ3) is 2.33. The highest BCUT2D eigenvalue weighted by Crippen LogP contribution is 2.40. The molecule has 1 aliphatic heterocycles. The van der Waals surface area contributed by atoms with Crippen molar-refractivity contribution in [2.24, 2.45) is 11.8 Å². The highest BCUT2D eigenvalue weighted by molar-refractivity contribution is 5.82. The largest absolute Gasteiger partial charge is 0.343 e. The van der Waals surface area contributed by atoms with Crippen LogP contribution in [0.2, 0.25) is 0 Å². The second kappa shape index (κ2) is 4.86. The molecule has 0 bridgehead atoms. The second-order valence-electron chi connectivity index (χ2n) is 6.61. The summed E-state index contributed by atoms with van der Waals surface area (Å²) in [7, 11) is 0. The number of hydrogen-bond donors (Lipinski definition) is 1. The molecule has 0 aromatic carbocycles. The molecule has 4 rings (SSSR count). The Balaban J connectivity index is 1.53. The molecule has 2 aliphatic rings. The van der Waals surface area contributed by atoms with E-state index in [1.54, 1.807) is 0 Å². The highest BCUT2D eigenvalue weighted by atomic mass is 16.2. The van der Waals surface area contributed by atoms with Crippen molar-refractivity contribution in [2.45, 2.75) is 32.1 Å². The van der Waals surface area contributed by atoms with Gasteiger partial charge in [-0.2, -0.15) is 0 Å². The lowest BCUT2D eigenvalue weighted by molar-refractivity contribution is -0.134. The summed E-state index contributed by atoms with van der Waals surface area (Å²) in [5.41, 5.74) is 2.18. The zero-order chi connectivity index (χ0) is 14.4. The van der Waals surface area contributed by atoms with Crippen molar-refractivity contribution in [1.29, 1.82) is 0 Å². The molecule has 4 heteroatoms. The lowest BCUT2D eigenvalue weighted by atomic mass is 9.94. The first-order chi connectivity index (χ1) is 10.2. The number of nitrogens with zero attached hydrogens (tertiary/aromatic N) is 2. The Morgan fingerprint density at radius 2 is 2.33 bits per heavy atom. The number of likely N-dealkylation sites (tertiary alicyclic amines) is 1. The summed E-state index contributed by atoms with van der Waals surface area (Å²) in [6, 6.07) is 6.24. The van der Waals surface area contributed by atoms with Crippen LogP contribution in [0.1, 0.15) is 37.8 Å². The quantitative estimate of drug-likeness (QED) is 0.921. The number of H-pyrrole nitrogens is 1. The van der Waals surface area contributed by atoms with Crippen molar-refractivity contribution >= 4 is 16.9 Å². The normalized spacial score (nSPS) is 28.8. The van der Waals surface area contributed by atoms with Gasteiger partial charge in [0.2, 0.25) is 5.91 Å². The van der Waals surface area contributed by atoms with Gasteiger partial charge in [0, 0.05) is 42.2 Å². The lowest BCUT2D eigenvalue weighted by Gasteiger charge is -2.32. The molecule has 0 spiro atoms. The molecular weight excluding hydrogens is 262 g/mol. The first kappa shape index (κ1) is 12.9. The Kier molecular flexibility index (Phi) is 2.98. The number of rotatable bonds is 2. The molecule has 2 aromatic heterocycles. The van der Waals surface area contributed by atoms with Crippen LogP contribution in [0.25, 0.3) is 11.0 Å². The third-order valence-electron chi connectivity index (χ3n) is 5.01. The smallest absolute Gasteiger partial charge is 0.225 e. The molecular formula is C17H21N3O. The van der Waals surface area contributed by atoms with Crippen molar-refractivity contribution in [3.8, 4) is 0 Å². The molecule has 1 saturated heterocycles. The number of pyridine rings is 1. The molecule has 2 fully saturated rings. The molecule has 1 saturated carbocycles. The number of carbonyl (C=O) groups is 1. The highest BCUT2D eigenvalue weighted by Gasteiger charge is 2.42. The Labute approximate surface area is 124 Å². The zero-order valence-corrected chi connectivity index (χ0v) is 12.4. The predicted molar refractivity (Wildman–Crippen MR) is 81.9 cm³/mol. The minimum absolute atomic E-state index is 0.299. The number of carbonyl (C=O) groups excluding carboxylic acids is 1. The summed E-state index contributed by atoms with van der Waals surface area (Å²) in [6.45, 7) is 3.96. The number of hydrogen-bond acceptors (Lipinski definition) is 2. The summed E-state index contributed by atoms with van der Waals surface area (Å²) >= 11 is 0. The first-order valence-corrected chi connectivity index (χ1v) is 7.95. The van der Waals surface area contributed by atoms with Gasteiger partial charge >= 0.3 is 0 Å². The van der Waals surface area contributed by atoms with Crippen molar-refractivity contribution in [1.82, 2.24) is 14.9 Å². The minimum Gasteiger partial charge on any atom is -0.343 e. The predicted octanol–water partition coefficient (Wildman–Crippen LogP) is 2.92. The zero-order valence-electron chi connectivity index (χ0n) is 12.4. The van der Waals surface area contributed by atoms with Crippen LogP contribution in [0.15, 0.2) is 24.4 Å². The third-order valence-corrected chi connectivity index (χ3v) is 5.01. The molecule has 1 amide bonds. The molecule has 2 aromatic rings. The Hall–Kier alpha value is -1.84. The van der Waals surface area contributed by atoms with Crippen LogP contribution in [0, 0.1) is 11.8 Å². The maximum absolute atomic E-state index is 12.4. The van der Waals surface area contributed by atoms with E-state index < -0.39 is 0 Å². The monoisotopic (exact) mass is 283 g/mol. The van der Waals surface area contributed by atoms with Crippen LogP contribution in [-0.2, 0) is 4.79 Å². The van der Waals surface area contributed by atoms with E-state index in [1.165, 1.54) is 5.69 Å². The number of piperidine rings is 1. The van der Waals surface area contributed by atoms with Gasteiger partial charge < -0.3 is 9.88 Å². The summed E-state index contributed by atoms with van der Waals surface area (Å²) in [5.74, 6) is 1.69. The molecule has 3 atom stereocenters. The van der Waals surface area contributed by atoms with Crippen LogP contribution in [0.3, 0.4) is 0 Å². The van der Waals surface area contributed by atoms with Crippen molar-refractivity contribution in [3.05, 3.63) is 30.1 Å². The topological polar surface area (TPSA) is 49.0 Å². The number of fused-ring (bicyclic) bond motifs is 1. The van der Waals surface area contributed by atoms with Gasteiger partial charge in [0.1, 0.15) is 5.65 Å². The summed E-state index contributed by atoms with van der Waals surface area (Å²) < 4.78 is 0. The van der Waals surface area contributed by atoms with E-state index in [0.29, 0.717) is 23.7 Å². The van der Waals surface area contributed by atoms with Gasteiger partial charge in [-0.15, -0.1) is 0 Å². The summed E-state index contributed by atoms with van der Waals surface area (Å²) in [6.07, 6.45) is 5.14. The van der Waals surface area contributed by atoms with E-state index in [4.69, 9.17) is 0 Å². The van der Waals surface area contributed by atoms with Gasteiger partial charge in [-0.3, -0.25) is 4.79 Å². The molecule has 21 heavy (non-hydrogen) atoms. The lowest BCUT2D eigenvalue weighted by Crippen LogP contribution is -2.40. The van der Waals surface area contributed by atoms with E-state index in [2.05, 4.69) is 33.9 Å². The molecule has 1 N–H and O–H groups in total. The van der Waals surface area contributed by atoms with Crippen LogP contribution in [0.4, 0.5) is 0 Å². The van der Waals surface area contributed by atoms with Gasteiger partial charge in [0.05, 0.1) is 0 Å². The van der Waals surface area contributed by atoms with Crippen molar-refractivity contribution < 1.29 is 4.79 Å². The minimum atomic E-state index is 0.299. The second-order valence-corrected chi connectivity index (χ2v) is 6.61. The maximum Gasteiger partial charge on any atom is 0.225 e. The van der Waals surface area contributed by atoms with Crippen LogP contribution < -0.4 is 0 Å². The van der Waals surface area contributed by atoms with Crippen molar-refractivity contribution in [3.63, 3.8) is 0 Å². The molecule has 4 nitrogen and oxygen atoms in total. The molecule has 110 valence electrons. The molecule has 0 radical (unpaired) electrons. The van der Waals surface area contributed by atoms with Gasteiger partial charge in [-0.1, -0.05) is 6.92 Å². The molecule has 3 unspecified atom stereocenters. The fourth-order valence-corrected chi connectivity index (χ4v) is 3.53. The van der Waals surface area contributed by atoms with E-state index in [1.807, 2.05) is 12.3 Å². The first-order valence-electron chi connectivity index (χ1n) is 7.95. The van der Waals surface area contributed by atoms with Crippen molar-refractivity contribution in [2.75, 3.05) is 13.1 Å². The SMILES string of the molecule is CC1CC1C(=O)N1CCCC(c2cc3cccnc3[nH]2)C1. The van der Waals surface area contributed by atoms with Gasteiger partial charge in [-0.05, 0) is 43.4 Å². The maximum atomic E-state index is 12.4. The van der Waals surface area contributed by atoms with Gasteiger partial charge in [0.25, 0.3) is 0 Å². The van der Waals surface area contributed by atoms with Crippen LogP contribution >= 0.6 is 0 Å². The van der Waals surface area contributed by atoms with Gasteiger partial charge in [0.15, 0.2) is 0 Å². The molecule has 1 aliphatic carbocycles. The summed E-state index contributed by atoms with van der Waals surface area (Å²) in [5, 5.41) is 1.16. The van der Waals surface area contributed by atoms with Gasteiger partial charge in [-0.25, -0.2) is 4.98 Å². The number of amides is 1. The summed E-state index contributed by atoms with van der Waals surface area (Å²) in [4.78, 5) is 22.3. The number of nitrogens with one attached hydrogen (secondary N) is 1. The Morgan fingerprint density at radius 3 is 3.10 bits per heavy atom. The number of aromatic nitrogens is 2. The Morgan fingerprint density at radius 1 is 1.48 bits per heavy atom. The fourth-order valence-electron chi connectivity index (χ4n) is 3.53. The van der Waals surface area contributed by atoms with E-state index >= 15 is 0 Å². The standard InChI is InChI=1S/C17H21N3O/c1-11-8-14(11)17(21)20-7-3-5-13(10-20)15-9-12-4-2-6-18-16(12)19-15/h2,4,6,9,11,13-14H,3,5,7-8,10H2,1H3,(H,18,19). The van der Waals surface area contributed by atoms with Crippen LogP contribution in [0.5, 0.6) is 0 Å². The fraction of sp³-hybridized carbons (Fsp3) is 0.529. The number of aromatic amines is 1. The van der Waals surface area contributed by atoms with E-state index in [0.717, 1.165) is 43.4 Å². The average molecular weight is 283 g/mol. The van der Waals surface area contributed by atoms with E-state index in [-0.39, 0.29) is 0 Å².